The Labute approximate surface area is 176 Å². The summed E-state index contributed by atoms with van der Waals surface area (Å²) in [6.45, 7) is 1.75. The number of amides is 2. The molecular weight excluding hydrogens is 404 g/mol. The van der Waals surface area contributed by atoms with Crippen molar-refractivity contribution in [3.63, 3.8) is 0 Å². The molecule has 2 amide bonds. The van der Waals surface area contributed by atoms with Gasteiger partial charge in [-0.1, -0.05) is 6.07 Å². The third-order valence-electron chi connectivity index (χ3n) is 4.04. The van der Waals surface area contributed by atoms with Gasteiger partial charge in [0.1, 0.15) is 0 Å². The van der Waals surface area contributed by atoms with Crippen LogP contribution in [-0.2, 0) is 4.79 Å². The first-order valence-corrected chi connectivity index (χ1v) is 9.84. The zero-order valence-corrected chi connectivity index (χ0v) is 16.8. The van der Waals surface area contributed by atoms with Crippen molar-refractivity contribution in [1.29, 1.82) is 0 Å². The summed E-state index contributed by atoms with van der Waals surface area (Å²) in [4.78, 5) is 39.7. The van der Waals surface area contributed by atoms with Gasteiger partial charge in [-0.25, -0.2) is 0 Å². The molecule has 30 heavy (non-hydrogen) atoms. The summed E-state index contributed by atoms with van der Waals surface area (Å²) in [6, 6.07) is 16.2. The summed E-state index contributed by atoms with van der Waals surface area (Å²) in [5.41, 5.74) is 1.51. The fourth-order valence-electron chi connectivity index (χ4n) is 2.52. The van der Waals surface area contributed by atoms with E-state index in [1.807, 2.05) is 0 Å². The normalized spacial score (nSPS) is 11.4. The van der Waals surface area contributed by atoms with Gasteiger partial charge < -0.3 is 10.6 Å². The number of hydrogen-bond donors (Lipinski definition) is 2. The number of nitro groups is 1. The summed E-state index contributed by atoms with van der Waals surface area (Å²) in [5, 5.41) is 15.9. The van der Waals surface area contributed by atoms with Crippen LogP contribution in [0.5, 0.6) is 0 Å². The second-order valence-electron chi connectivity index (χ2n) is 6.28. The average molecular weight is 422 g/mol. The van der Waals surface area contributed by atoms with Gasteiger partial charge in [0.2, 0.25) is 5.91 Å². The van der Waals surface area contributed by atoms with Crippen molar-refractivity contribution in [3.05, 3.63) is 88.7 Å². The Morgan fingerprint density at radius 1 is 1.03 bits per heavy atom. The molecule has 0 radical (unpaired) electrons. The molecule has 0 spiro atoms. The fourth-order valence-corrected chi connectivity index (χ4v) is 3.39. The number of anilines is 2. The highest BCUT2D eigenvalue weighted by Crippen LogP contribution is 2.26. The van der Waals surface area contributed by atoms with Gasteiger partial charge >= 0.3 is 0 Å². The van der Waals surface area contributed by atoms with E-state index in [2.05, 4.69) is 15.6 Å². The van der Waals surface area contributed by atoms with Crippen molar-refractivity contribution < 1.29 is 14.5 Å². The summed E-state index contributed by atoms with van der Waals surface area (Å²) in [5.74, 6) is -0.525. The second-order valence-corrected chi connectivity index (χ2v) is 7.69. The van der Waals surface area contributed by atoms with Gasteiger partial charge in [-0.15, -0.1) is 11.8 Å². The maximum Gasteiger partial charge on any atom is 0.269 e. The zero-order valence-electron chi connectivity index (χ0n) is 15.9. The Balaban J connectivity index is 1.60. The number of aromatic nitrogens is 1. The van der Waals surface area contributed by atoms with Crippen LogP contribution < -0.4 is 10.6 Å². The van der Waals surface area contributed by atoms with Crippen LogP contribution >= 0.6 is 11.8 Å². The number of nitro benzene ring substituents is 1. The predicted molar refractivity (Wildman–Crippen MR) is 116 cm³/mol. The fraction of sp³-hybridized carbons (Fsp3) is 0.0952. The molecule has 3 aromatic rings. The topological polar surface area (TPSA) is 114 Å². The van der Waals surface area contributed by atoms with Gasteiger partial charge in [-0.3, -0.25) is 24.7 Å². The Hall–Kier alpha value is -3.72. The van der Waals surface area contributed by atoms with Crippen molar-refractivity contribution >= 4 is 40.6 Å². The standard InChI is InChI=1S/C21H18N4O4S/c1-14(30-19-9-7-18(8-10-19)25(28)29)20(26)23-16-5-2-6-17(12-16)24-21(27)15-4-3-11-22-13-15/h2-14H,1H3,(H,23,26)(H,24,27). The number of carbonyl (C=O) groups is 2. The van der Waals surface area contributed by atoms with E-state index in [1.54, 1.807) is 61.7 Å². The molecule has 2 aromatic carbocycles. The molecule has 0 aliphatic rings. The van der Waals surface area contributed by atoms with Crippen LogP contribution in [-0.4, -0.2) is 27.0 Å². The van der Waals surface area contributed by atoms with Crippen molar-refractivity contribution in [2.45, 2.75) is 17.1 Å². The van der Waals surface area contributed by atoms with E-state index < -0.39 is 10.2 Å². The van der Waals surface area contributed by atoms with E-state index in [0.29, 0.717) is 16.9 Å². The van der Waals surface area contributed by atoms with Crippen LogP contribution in [0.15, 0.2) is 78.0 Å². The van der Waals surface area contributed by atoms with E-state index >= 15 is 0 Å². The molecule has 1 aromatic heterocycles. The molecule has 0 saturated heterocycles. The first-order valence-electron chi connectivity index (χ1n) is 8.96. The highest BCUT2D eigenvalue weighted by atomic mass is 32.2. The Morgan fingerprint density at radius 2 is 1.73 bits per heavy atom. The van der Waals surface area contributed by atoms with Gasteiger partial charge in [0, 0.05) is 40.8 Å². The zero-order chi connectivity index (χ0) is 21.5. The Bertz CT molecular complexity index is 1060. The van der Waals surface area contributed by atoms with Gasteiger partial charge in [0.05, 0.1) is 15.7 Å². The SMILES string of the molecule is CC(Sc1ccc([N+](=O)[O-])cc1)C(=O)Nc1cccc(NC(=O)c2cccnc2)c1. The van der Waals surface area contributed by atoms with Crippen molar-refractivity contribution in [2.24, 2.45) is 0 Å². The Kier molecular flexibility index (Phi) is 6.76. The minimum absolute atomic E-state index is 0.00148. The molecule has 0 bridgehead atoms. The predicted octanol–water partition coefficient (Wildman–Crippen LogP) is 4.36. The van der Waals surface area contributed by atoms with Crippen molar-refractivity contribution in [2.75, 3.05) is 10.6 Å². The lowest BCUT2D eigenvalue weighted by molar-refractivity contribution is -0.384. The van der Waals surface area contributed by atoms with Crippen LogP contribution in [0.25, 0.3) is 0 Å². The summed E-state index contributed by atoms with van der Waals surface area (Å²) < 4.78 is 0. The largest absolute Gasteiger partial charge is 0.325 e. The lowest BCUT2D eigenvalue weighted by atomic mass is 10.2. The van der Waals surface area contributed by atoms with Crippen LogP contribution in [0.4, 0.5) is 17.1 Å². The van der Waals surface area contributed by atoms with Crippen LogP contribution in [0.1, 0.15) is 17.3 Å². The maximum absolute atomic E-state index is 12.5. The van der Waals surface area contributed by atoms with Crippen LogP contribution in [0.3, 0.4) is 0 Å². The number of thioether (sulfide) groups is 1. The molecule has 0 aliphatic heterocycles. The quantitative estimate of drug-likeness (QED) is 0.332. The third kappa shape index (κ3) is 5.65. The van der Waals surface area contributed by atoms with E-state index in [9.17, 15) is 19.7 Å². The summed E-state index contributed by atoms with van der Waals surface area (Å²) in [7, 11) is 0. The smallest absolute Gasteiger partial charge is 0.269 e. The second kappa shape index (κ2) is 9.66. The van der Waals surface area contributed by atoms with Crippen molar-refractivity contribution in [1.82, 2.24) is 4.98 Å². The van der Waals surface area contributed by atoms with E-state index in [0.717, 1.165) is 4.90 Å². The molecule has 9 heteroatoms. The first kappa shape index (κ1) is 21.0. The molecular formula is C21H18N4O4S. The molecule has 1 atom stereocenters. The summed E-state index contributed by atoms with van der Waals surface area (Å²) >= 11 is 1.29. The van der Waals surface area contributed by atoms with Gasteiger partial charge in [-0.05, 0) is 49.4 Å². The molecule has 0 fully saturated rings. The molecule has 3 rings (SSSR count). The number of benzene rings is 2. The first-order chi connectivity index (χ1) is 14.4. The highest BCUT2D eigenvalue weighted by Gasteiger charge is 2.16. The average Bonchev–Trinajstić information content (AvgIpc) is 2.75. The van der Waals surface area contributed by atoms with E-state index in [-0.39, 0.29) is 17.5 Å². The van der Waals surface area contributed by atoms with Gasteiger partial charge in [0.25, 0.3) is 11.6 Å². The molecule has 0 aliphatic carbocycles. The number of nitrogens with one attached hydrogen (secondary N) is 2. The molecule has 2 N–H and O–H groups in total. The summed E-state index contributed by atoms with van der Waals surface area (Å²) in [6.07, 6.45) is 3.06. The number of hydrogen-bond acceptors (Lipinski definition) is 6. The maximum atomic E-state index is 12.5. The number of pyridine rings is 1. The van der Waals surface area contributed by atoms with E-state index in [1.165, 1.54) is 30.1 Å². The molecule has 152 valence electrons. The minimum Gasteiger partial charge on any atom is -0.325 e. The van der Waals surface area contributed by atoms with Crippen LogP contribution in [0.2, 0.25) is 0 Å². The number of non-ortho nitro benzene ring substituents is 1. The van der Waals surface area contributed by atoms with Gasteiger partial charge in [-0.2, -0.15) is 0 Å². The number of carbonyl (C=O) groups excluding carboxylic acids is 2. The molecule has 1 heterocycles. The Morgan fingerprint density at radius 3 is 2.37 bits per heavy atom. The lowest BCUT2D eigenvalue weighted by Gasteiger charge is -2.13. The number of rotatable bonds is 7. The monoisotopic (exact) mass is 422 g/mol. The molecule has 0 saturated carbocycles. The molecule has 8 nitrogen and oxygen atoms in total. The third-order valence-corrected chi connectivity index (χ3v) is 5.15. The molecule has 1 unspecified atom stereocenters. The van der Waals surface area contributed by atoms with Crippen LogP contribution in [0, 0.1) is 10.1 Å². The van der Waals surface area contributed by atoms with Gasteiger partial charge in [0.15, 0.2) is 0 Å². The highest BCUT2D eigenvalue weighted by molar-refractivity contribution is 8.00. The van der Waals surface area contributed by atoms with E-state index in [4.69, 9.17) is 0 Å². The number of nitrogens with zero attached hydrogens (tertiary/aromatic N) is 2. The minimum atomic E-state index is -0.468. The van der Waals surface area contributed by atoms with Crippen molar-refractivity contribution in [3.8, 4) is 0 Å². The lowest BCUT2D eigenvalue weighted by Crippen LogP contribution is -2.22.